The summed E-state index contributed by atoms with van der Waals surface area (Å²) >= 11 is 0. The topological polar surface area (TPSA) is 119 Å². The normalized spacial score (nSPS) is 15.8. The Morgan fingerprint density at radius 2 is 1.73 bits per heavy atom. The van der Waals surface area contributed by atoms with Gasteiger partial charge in [-0.1, -0.05) is 18.2 Å². The smallest absolute Gasteiger partial charge is 0.281 e. The quantitative estimate of drug-likeness (QED) is 0.338. The second-order valence-electron chi connectivity index (χ2n) is 11.2. The highest BCUT2D eigenvalue weighted by atomic mass is 32.2. The molecule has 0 spiro atoms. The number of ether oxygens (including phenoxy) is 2. The molecule has 13 heteroatoms. The van der Waals surface area contributed by atoms with Crippen LogP contribution in [-0.2, 0) is 23.8 Å². The van der Waals surface area contributed by atoms with Crippen molar-refractivity contribution in [3.05, 3.63) is 76.8 Å². The van der Waals surface area contributed by atoms with Crippen LogP contribution in [0.4, 0.5) is 0 Å². The molecule has 2 bridgehead atoms. The van der Waals surface area contributed by atoms with Crippen molar-refractivity contribution in [2.45, 2.75) is 25.8 Å². The van der Waals surface area contributed by atoms with E-state index in [1.165, 1.54) is 27.3 Å². The molecule has 3 heterocycles. The fourth-order valence-electron chi connectivity index (χ4n) is 5.59. The maximum Gasteiger partial charge on any atom is 0.281 e. The zero-order valence-corrected chi connectivity index (χ0v) is 27.0. The van der Waals surface area contributed by atoms with Crippen LogP contribution in [0.1, 0.15) is 29.6 Å². The van der Waals surface area contributed by atoms with Crippen molar-refractivity contribution in [2.24, 2.45) is 7.05 Å². The molecule has 1 aliphatic heterocycles. The zero-order valence-electron chi connectivity index (χ0n) is 26.2. The third-order valence-corrected chi connectivity index (χ3v) is 10.0. The Labute approximate surface area is 263 Å². The van der Waals surface area contributed by atoms with Crippen LogP contribution < -0.4 is 15.0 Å². The Bertz CT molecular complexity index is 1830. The summed E-state index contributed by atoms with van der Waals surface area (Å²) in [5.74, 6) is 1.41. The Morgan fingerprint density at radius 1 is 0.978 bits per heavy atom. The summed E-state index contributed by atoms with van der Waals surface area (Å²) in [7, 11) is 2.50. The van der Waals surface area contributed by atoms with Gasteiger partial charge in [0.1, 0.15) is 18.0 Å². The Hall–Kier alpha value is -4.20. The highest BCUT2D eigenvalue weighted by molar-refractivity contribution is 7.86. The maximum atomic E-state index is 13.9. The summed E-state index contributed by atoms with van der Waals surface area (Å²) in [6.45, 7) is 1.84. The van der Waals surface area contributed by atoms with Gasteiger partial charge in [-0.2, -0.15) is 17.0 Å². The second kappa shape index (κ2) is 13.8. The van der Waals surface area contributed by atoms with Crippen molar-refractivity contribution in [1.29, 1.82) is 0 Å². The maximum absolute atomic E-state index is 13.9. The lowest BCUT2D eigenvalue weighted by molar-refractivity contribution is 0.0745. The molecule has 4 aromatic rings. The number of carbonyl (C=O) groups excluding carboxylic acids is 1. The minimum absolute atomic E-state index is 0.108. The van der Waals surface area contributed by atoms with Crippen LogP contribution in [0.25, 0.3) is 22.3 Å². The number of fused-ring (bicyclic) bond motifs is 5. The molecule has 2 aromatic heterocycles. The molecule has 45 heavy (non-hydrogen) atoms. The van der Waals surface area contributed by atoms with E-state index in [0.29, 0.717) is 50.4 Å². The lowest BCUT2D eigenvalue weighted by Gasteiger charge is -2.26. The molecule has 12 nitrogen and oxygen atoms in total. The van der Waals surface area contributed by atoms with E-state index < -0.39 is 10.2 Å². The van der Waals surface area contributed by atoms with E-state index in [2.05, 4.69) is 4.98 Å². The average Bonchev–Trinajstić information content (AvgIpc) is 3.50. The van der Waals surface area contributed by atoms with Crippen LogP contribution in [0.15, 0.2) is 65.7 Å². The lowest BCUT2D eigenvalue weighted by Crippen LogP contribution is -2.43. The number of aromatic nitrogens is 3. The lowest BCUT2D eigenvalue weighted by atomic mass is 10.1. The third kappa shape index (κ3) is 6.90. The molecule has 0 radical (unpaired) electrons. The number of hydrogen-bond acceptors (Lipinski definition) is 7. The standard InChI is InChI=1S/C32H40N6O6S/c1-34(2)45(41,42)38-18-8-7-15-37(32(40)26-22-24-10-5-6-11-27(24)35(3)31(26)39)17-9-16-36-19-14-33-30(36)25-12-13-28(43-4)29(23-25)44-21-20-38/h5-6,10-14,19,22-23H,7-9,15-18,20-21H2,1-4H3. The summed E-state index contributed by atoms with van der Waals surface area (Å²) in [4.78, 5) is 33.5. The third-order valence-electron chi connectivity index (χ3n) is 8.09. The summed E-state index contributed by atoms with van der Waals surface area (Å²) in [5.41, 5.74) is 1.33. The molecular formula is C32H40N6O6S. The number of methoxy groups -OCH3 is 1. The number of hydrogen-bond donors (Lipinski definition) is 0. The van der Waals surface area contributed by atoms with E-state index in [1.807, 2.05) is 47.2 Å². The van der Waals surface area contributed by atoms with Gasteiger partial charge in [0.05, 0.1) is 12.6 Å². The summed E-state index contributed by atoms with van der Waals surface area (Å²) in [6.07, 6.45) is 5.29. The van der Waals surface area contributed by atoms with Crippen LogP contribution in [0, 0.1) is 0 Å². The van der Waals surface area contributed by atoms with Crippen LogP contribution in [-0.4, -0.2) is 95.9 Å². The first kappa shape index (κ1) is 32.2. The molecular weight excluding hydrogens is 596 g/mol. The van der Waals surface area contributed by atoms with E-state index >= 15 is 0 Å². The average molecular weight is 637 g/mol. The Kier molecular flexibility index (Phi) is 9.90. The van der Waals surface area contributed by atoms with Gasteiger partial charge >= 0.3 is 0 Å². The number of rotatable bonds is 4. The first-order chi connectivity index (χ1) is 21.6. The molecule has 0 fully saturated rings. The first-order valence-electron chi connectivity index (χ1n) is 15.0. The monoisotopic (exact) mass is 636 g/mol. The molecule has 0 unspecified atom stereocenters. The van der Waals surface area contributed by atoms with Gasteiger partial charge in [0.15, 0.2) is 11.5 Å². The van der Waals surface area contributed by atoms with Crippen LogP contribution in [0.3, 0.4) is 0 Å². The highest BCUT2D eigenvalue weighted by Crippen LogP contribution is 2.32. The molecule has 0 saturated carbocycles. The summed E-state index contributed by atoms with van der Waals surface area (Å²) in [6, 6.07) is 14.7. The first-order valence-corrected chi connectivity index (χ1v) is 16.4. The zero-order chi connectivity index (χ0) is 32.1. The van der Waals surface area contributed by atoms with Crippen molar-refractivity contribution >= 4 is 27.0 Å². The number of amides is 1. The van der Waals surface area contributed by atoms with Gasteiger partial charge in [0.2, 0.25) is 0 Å². The molecule has 240 valence electrons. The van der Waals surface area contributed by atoms with Crippen LogP contribution in [0.2, 0.25) is 0 Å². The summed E-state index contributed by atoms with van der Waals surface area (Å²) < 4.78 is 44.0. The molecule has 5 rings (SSSR count). The molecule has 1 aliphatic rings. The number of pyridine rings is 1. The fraction of sp³-hybridized carbons (Fsp3) is 0.406. The number of para-hydroxylation sites is 1. The van der Waals surface area contributed by atoms with Crippen molar-refractivity contribution in [3.63, 3.8) is 0 Å². The molecule has 1 amide bonds. The number of imidazole rings is 1. The van der Waals surface area contributed by atoms with E-state index in [1.54, 1.807) is 37.4 Å². The van der Waals surface area contributed by atoms with Gasteiger partial charge in [0.25, 0.3) is 21.7 Å². The van der Waals surface area contributed by atoms with Gasteiger partial charge in [0, 0.05) is 71.8 Å². The van der Waals surface area contributed by atoms with Crippen molar-refractivity contribution in [3.8, 4) is 22.9 Å². The predicted molar refractivity (Wildman–Crippen MR) is 173 cm³/mol. The van der Waals surface area contributed by atoms with Crippen molar-refractivity contribution in [2.75, 3.05) is 54.0 Å². The minimum atomic E-state index is -3.73. The fourth-order valence-corrected chi connectivity index (χ4v) is 6.72. The molecule has 0 atom stereocenters. The molecule has 0 N–H and O–H groups in total. The summed E-state index contributed by atoms with van der Waals surface area (Å²) in [5, 5.41) is 0.807. The van der Waals surface area contributed by atoms with E-state index in [0.717, 1.165) is 22.3 Å². The van der Waals surface area contributed by atoms with Gasteiger partial charge < -0.3 is 23.5 Å². The van der Waals surface area contributed by atoms with E-state index in [4.69, 9.17) is 9.47 Å². The number of carbonyl (C=O) groups is 1. The van der Waals surface area contributed by atoms with E-state index in [9.17, 15) is 18.0 Å². The largest absolute Gasteiger partial charge is 0.493 e. The Balaban J connectivity index is 1.47. The molecule has 2 aromatic carbocycles. The van der Waals surface area contributed by atoms with Gasteiger partial charge in [-0.15, -0.1) is 0 Å². The van der Waals surface area contributed by atoms with E-state index in [-0.39, 0.29) is 36.7 Å². The van der Waals surface area contributed by atoms with Crippen LogP contribution in [0.5, 0.6) is 11.5 Å². The highest BCUT2D eigenvalue weighted by Gasteiger charge is 2.26. The minimum Gasteiger partial charge on any atom is -0.493 e. The number of aryl methyl sites for hydroxylation is 2. The van der Waals surface area contributed by atoms with Gasteiger partial charge in [-0.05, 0) is 55.0 Å². The van der Waals surface area contributed by atoms with Gasteiger partial charge in [-0.25, -0.2) is 4.98 Å². The van der Waals surface area contributed by atoms with Crippen LogP contribution >= 0.6 is 0 Å². The predicted octanol–water partition coefficient (Wildman–Crippen LogP) is 3.22. The SMILES string of the molecule is COc1ccc2cc1OCCN(S(=O)(=O)N(C)C)CCCCN(C(=O)c1cc3ccccc3n(C)c1=O)CCCn1ccnc1-2. The van der Waals surface area contributed by atoms with Crippen molar-refractivity contribution < 1.29 is 22.7 Å². The van der Waals surface area contributed by atoms with Gasteiger partial charge in [-0.3, -0.25) is 9.59 Å². The Morgan fingerprint density at radius 3 is 2.51 bits per heavy atom. The molecule has 0 saturated heterocycles. The number of benzene rings is 2. The van der Waals surface area contributed by atoms with Crippen molar-refractivity contribution in [1.82, 2.24) is 27.6 Å². The number of nitrogens with zero attached hydrogens (tertiary/aromatic N) is 6. The second-order valence-corrected chi connectivity index (χ2v) is 13.3. The molecule has 0 aliphatic carbocycles.